The number of hydrogen-bond donors (Lipinski definition) is 1. The third kappa shape index (κ3) is 0.379. The average Bonchev–Trinajstić information content (AvgIpc) is 1.32. The van der Waals surface area contributed by atoms with Crippen LogP contribution >= 0.6 is 0 Å². The minimum absolute atomic E-state index is 0.0417. The van der Waals surface area contributed by atoms with Crippen LogP contribution < -0.4 is 5.32 Å². The summed E-state index contributed by atoms with van der Waals surface area (Å²) >= 11 is 0. The van der Waals surface area contributed by atoms with Gasteiger partial charge in [0, 0.05) is 0 Å². The van der Waals surface area contributed by atoms with E-state index in [1.165, 1.54) is 0 Å². The summed E-state index contributed by atoms with van der Waals surface area (Å²) in [5.41, 5.74) is 0.0417. The van der Waals surface area contributed by atoms with Gasteiger partial charge in [-0.1, -0.05) is 0 Å². The van der Waals surface area contributed by atoms with Crippen LogP contribution in [0.3, 0.4) is 0 Å². The highest BCUT2D eigenvalue weighted by Crippen LogP contribution is 2.06. The zero-order valence-corrected chi connectivity index (χ0v) is 4.02. The fourth-order valence-corrected chi connectivity index (χ4v) is 0.323. The quantitative estimate of drug-likeness (QED) is 0.450. The molecule has 2 heteroatoms. The Kier molecular flexibility index (Phi) is 0.457. The predicted molar refractivity (Wildman–Crippen MR) is 25.7 cm³/mol. The summed E-state index contributed by atoms with van der Waals surface area (Å²) in [5, 5.41) is 2.99. The number of nitrogens with one attached hydrogen (secondary N) is 1. The SMILES string of the molecule is CC1(C)N=CN1. The number of rotatable bonds is 0. The highest BCUT2D eigenvalue weighted by Gasteiger charge is 2.17. The number of nitrogens with zero attached hydrogens (tertiary/aromatic N) is 1. The van der Waals surface area contributed by atoms with E-state index in [1.807, 2.05) is 13.8 Å². The van der Waals surface area contributed by atoms with E-state index >= 15 is 0 Å². The summed E-state index contributed by atoms with van der Waals surface area (Å²) in [6, 6.07) is 0. The van der Waals surface area contributed by atoms with Crippen molar-refractivity contribution in [3.63, 3.8) is 0 Å². The lowest BCUT2D eigenvalue weighted by Crippen LogP contribution is -2.44. The van der Waals surface area contributed by atoms with Gasteiger partial charge in [0.1, 0.15) is 5.66 Å². The molecule has 0 atom stereocenters. The van der Waals surface area contributed by atoms with Gasteiger partial charge in [0.05, 0.1) is 6.34 Å². The van der Waals surface area contributed by atoms with Crippen molar-refractivity contribution in [3.8, 4) is 0 Å². The number of aliphatic imine (C=N–C) groups is 1. The molecule has 1 aliphatic heterocycles. The van der Waals surface area contributed by atoms with E-state index in [9.17, 15) is 0 Å². The Morgan fingerprint density at radius 2 is 2.00 bits per heavy atom. The van der Waals surface area contributed by atoms with Gasteiger partial charge < -0.3 is 5.32 Å². The smallest absolute Gasteiger partial charge is 0.126 e. The standard InChI is InChI=1S/C4H8N2/c1-4(2)5-3-6-4/h3H,1-2H3,(H,5,6). The zero-order valence-electron chi connectivity index (χ0n) is 4.02. The molecule has 1 heterocycles. The van der Waals surface area contributed by atoms with Crippen molar-refractivity contribution < 1.29 is 0 Å². The van der Waals surface area contributed by atoms with Gasteiger partial charge in [-0.3, -0.25) is 0 Å². The molecule has 0 aromatic carbocycles. The molecule has 0 aliphatic carbocycles. The molecule has 0 bridgehead atoms. The molecule has 0 saturated carbocycles. The average molecular weight is 84.1 g/mol. The van der Waals surface area contributed by atoms with Crippen molar-refractivity contribution in [3.05, 3.63) is 0 Å². The normalized spacial score (nSPS) is 25.0. The second-order valence-corrected chi connectivity index (χ2v) is 1.96. The van der Waals surface area contributed by atoms with Gasteiger partial charge in [-0.05, 0) is 13.8 Å². The molecule has 0 radical (unpaired) electrons. The molecular weight excluding hydrogens is 76.1 g/mol. The van der Waals surface area contributed by atoms with Crippen LogP contribution in [-0.4, -0.2) is 12.0 Å². The topological polar surface area (TPSA) is 24.4 Å². The molecule has 2 nitrogen and oxygen atoms in total. The van der Waals surface area contributed by atoms with Crippen LogP contribution in [0.25, 0.3) is 0 Å². The molecule has 0 aromatic rings. The van der Waals surface area contributed by atoms with Crippen molar-refractivity contribution in [2.75, 3.05) is 0 Å². The summed E-state index contributed by atoms with van der Waals surface area (Å²) in [5.74, 6) is 0. The Hall–Kier alpha value is -0.530. The van der Waals surface area contributed by atoms with Crippen LogP contribution in [-0.2, 0) is 0 Å². The monoisotopic (exact) mass is 84.1 g/mol. The molecule has 0 saturated heterocycles. The van der Waals surface area contributed by atoms with Crippen molar-refractivity contribution in [1.29, 1.82) is 0 Å². The van der Waals surface area contributed by atoms with Gasteiger partial charge in [0.15, 0.2) is 0 Å². The highest BCUT2D eigenvalue weighted by molar-refractivity contribution is 5.62. The van der Waals surface area contributed by atoms with E-state index in [4.69, 9.17) is 0 Å². The minimum atomic E-state index is 0.0417. The summed E-state index contributed by atoms with van der Waals surface area (Å²) in [6.07, 6.45) is 1.71. The van der Waals surface area contributed by atoms with Crippen LogP contribution in [0, 0.1) is 0 Å². The van der Waals surface area contributed by atoms with Gasteiger partial charge in [-0.15, -0.1) is 0 Å². The summed E-state index contributed by atoms with van der Waals surface area (Å²) < 4.78 is 0. The first-order valence-corrected chi connectivity index (χ1v) is 2.02. The van der Waals surface area contributed by atoms with E-state index < -0.39 is 0 Å². The Balaban J connectivity index is 2.57. The molecule has 0 aromatic heterocycles. The first-order valence-electron chi connectivity index (χ1n) is 2.02. The maximum Gasteiger partial charge on any atom is 0.126 e. The molecule has 0 spiro atoms. The minimum Gasteiger partial charge on any atom is -0.353 e. The maximum atomic E-state index is 3.97. The Bertz CT molecular complexity index is 83.5. The lowest BCUT2D eigenvalue weighted by atomic mass is 10.2. The first-order chi connectivity index (χ1) is 2.71. The van der Waals surface area contributed by atoms with Crippen molar-refractivity contribution in [1.82, 2.24) is 5.32 Å². The molecule has 0 amide bonds. The van der Waals surface area contributed by atoms with Crippen LogP contribution in [0.4, 0.5) is 0 Å². The van der Waals surface area contributed by atoms with E-state index in [0.717, 1.165) is 0 Å². The zero-order chi connectivity index (χ0) is 4.62. The van der Waals surface area contributed by atoms with Crippen LogP contribution in [0.1, 0.15) is 13.8 Å². The second kappa shape index (κ2) is 0.750. The molecule has 1 aliphatic rings. The van der Waals surface area contributed by atoms with E-state index in [1.54, 1.807) is 6.34 Å². The summed E-state index contributed by atoms with van der Waals surface area (Å²) in [6.45, 7) is 4.04. The highest BCUT2D eigenvalue weighted by atomic mass is 15.2. The number of hydrogen-bond acceptors (Lipinski definition) is 2. The van der Waals surface area contributed by atoms with Crippen molar-refractivity contribution in [2.45, 2.75) is 19.5 Å². The predicted octanol–water partition coefficient (Wildman–Crippen LogP) is 0.354. The van der Waals surface area contributed by atoms with Gasteiger partial charge in [-0.25, -0.2) is 4.99 Å². The molecule has 0 unspecified atom stereocenters. The Morgan fingerprint density at radius 1 is 1.67 bits per heavy atom. The second-order valence-electron chi connectivity index (χ2n) is 1.96. The largest absolute Gasteiger partial charge is 0.353 e. The third-order valence-electron chi connectivity index (χ3n) is 0.805. The van der Waals surface area contributed by atoms with Gasteiger partial charge in [-0.2, -0.15) is 0 Å². The van der Waals surface area contributed by atoms with Crippen LogP contribution in [0.5, 0.6) is 0 Å². The van der Waals surface area contributed by atoms with Gasteiger partial charge in [0.2, 0.25) is 0 Å². The van der Waals surface area contributed by atoms with Crippen molar-refractivity contribution in [2.24, 2.45) is 4.99 Å². The molecule has 1 rings (SSSR count). The van der Waals surface area contributed by atoms with Gasteiger partial charge >= 0.3 is 0 Å². The molecule has 34 valence electrons. The summed E-state index contributed by atoms with van der Waals surface area (Å²) in [7, 11) is 0. The molecular formula is C4H8N2. The third-order valence-corrected chi connectivity index (χ3v) is 0.805. The first kappa shape index (κ1) is 3.65. The lowest BCUT2D eigenvalue weighted by Gasteiger charge is -2.26. The van der Waals surface area contributed by atoms with Crippen molar-refractivity contribution >= 4 is 6.34 Å². The van der Waals surface area contributed by atoms with Crippen LogP contribution in [0.2, 0.25) is 0 Å². The Morgan fingerprint density at radius 3 is 2.00 bits per heavy atom. The van der Waals surface area contributed by atoms with E-state index in [2.05, 4.69) is 10.3 Å². The fourth-order valence-electron chi connectivity index (χ4n) is 0.323. The molecule has 0 fully saturated rings. The van der Waals surface area contributed by atoms with E-state index in [-0.39, 0.29) is 5.66 Å². The molecule has 1 N–H and O–H groups in total. The van der Waals surface area contributed by atoms with Crippen LogP contribution in [0.15, 0.2) is 4.99 Å². The molecule has 6 heavy (non-hydrogen) atoms. The lowest BCUT2D eigenvalue weighted by molar-refractivity contribution is 0.445. The van der Waals surface area contributed by atoms with Gasteiger partial charge in [0.25, 0.3) is 0 Å². The van der Waals surface area contributed by atoms with E-state index in [0.29, 0.717) is 0 Å². The maximum absolute atomic E-state index is 3.97. The fraction of sp³-hybridized carbons (Fsp3) is 0.750. The summed E-state index contributed by atoms with van der Waals surface area (Å²) in [4.78, 5) is 3.97. The Labute approximate surface area is 37.3 Å².